The van der Waals surface area contributed by atoms with Gasteiger partial charge in [0.05, 0.1) is 6.61 Å². The molecule has 5 heteroatoms. The van der Waals surface area contributed by atoms with Gasteiger partial charge in [-0.1, -0.05) is 185 Å². The standard InChI is InChI=1S/C47H86O5/c1-3-5-7-9-11-13-15-17-19-21-23-25-27-29-31-33-35-37-39-41-46(49)51-44-45(43-48)52-47(50)42-40-38-36-34-32-30-28-26-24-22-20-18-16-14-12-10-8-6-4-2/h11,13,17-20,45,48H,3-10,12,14-16,21-44H2,1-2H3/t45-/m0/s1. The molecule has 0 aliphatic rings. The van der Waals surface area contributed by atoms with E-state index in [0.29, 0.717) is 12.8 Å². The summed E-state index contributed by atoms with van der Waals surface area (Å²) in [6.07, 6.45) is 53.5. The smallest absolute Gasteiger partial charge is 0.306 e. The molecule has 0 rings (SSSR count). The van der Waals surface area contributed by atoms with E-state index >= 15 is 0 Å². The van der Waals surface area contributed by atoms with Gasteiger partial charge < -0.3 is 14.6 Å². The molecule has 0 saturated heterocycles. The molecular weight excluding hydrogens is 645 g/mol. The van der Waals surface area contributed by atoms with Gasteiger partial charge in [-0.3, -0.25) is 9.59 Å². The van der Waals surface area contributed by atoms with E-state index in [2.05, 4.69) is 50.3 Å². The molecule has 304 valence electrons. The van der Waals surface area contributed by atoms with E-state index in [-0.39, 0.29) is 25.2 Å². The first-order valence-electron chi connectivity index (χ1n) is 22.5. The minimum atomic E-state index is -0.773. The average Bonchev–Trinajstić information content (AvgIpc) is 3.15. The molecule has 1 N–H and O–H groups in total. The SMILES string of the molecule is CCCCCC=CCC=CCCCCCCCCCCCC(=O)OC[C@H](CO)OC(=O)CCCCCCCCCCCC=CCCCCCCCC. The van der Waals surface area contributed by atoms with Crippen LogP contribution >= 0.6 is 0 Å². The average molecular weight is 731 g/mol. The summed E-state index contributed by atoms with van der Waals surface area (Å²) in [5.74, 6) is -0.591. The summed E-state index contributed by atoms with van der Waals surface area (Å²) < 4.78 is 10.6. The fourth-order valence-electron chi connectivity index (χ4n) is 6.46. The van der Waals surface area contributed by atoms with Crippen molar-refractivity contribution in [2.75, 3.05) is 13.2 Å². The van der Waals surface area contributed by atoms with Crippen molar-refractivity contribution in [2.45, 2.75) is 238 Å². The number of carbonyl (C=O) groups excluding carboxylic acids is 2. The van der Waals surface area contributed by atoms with Gasteiger partial charge in [-0.15, -0.1) is 0 Å². The van der Waals surface area contributed by atoms with E-state index in [1.165, 1.54) is 161 Å². The fourth-order valence-corrected chi connectivity index (χ4v) is 6.46. The van der Waals surface area contributed by atoms with Crippen LogP contribution in [0.1, 0.15) is 232 Å². The number of unbranched alkanes of at least 4 members (excludes halogenated alkanes) is 27. The minimum Gasteiger partial charge on any atom is -0.462 e. The summed E-state index contributed by atoms with van der Waals surface area (Å²) in [7, 11) is 0. The molecule has 0 unspecified atom stereocenters. The molecule has 0 fully saturated rings. The number of hydrogen-bond donors (Lipinski definition) is 1. The highest BCUT2D eigenvalue weighted by Crippen LogP contribution is 2.14. The number of aliphatic hydroxyl groups excluding tert-OH is 1. The van der Waals surface area contributed by atoms with Crippen LogP contribution in [0.2, 0.25) is 0 Å². The predicted octanol–water partition coefficient (Wildman–Crippen LogP) is 14.4. The van der Waals surface area contributed by atoms with Crippen molar-refractivity contribution in [3.05, 3.63) is 36.5 Å². The van der Waals surface area contributed by atoms with Gasteiger partial charge in [0.1, 0.15) is 6.61 Å². The van der Waals surface area contributed by atoms with Crippen LogP contribution in [-0.2, 0) is 19.1 Å². The lowest BCUT2D eigenvalue weighted by Gasteiger charge is -2.15. The Hall–Kier alpha value is -1.88. The normalized spacial score (nSPS) is 12.4. The van der Waals surface area contributed by atoms with E-state index < -0.39 is 6.10 Å². The van der Waals surface area contributed by atoms with Crippen LogP contribution in [0.15, 0.2) is 36.5 Å². The Morgan fingerprint density at radius 1 is 0.442 bits per heavy atom. The molecule has 0 aromatic heterocycles. The molecule has 1 atom stereocenters. The molecule has 0 heterocycles. The molecule has 0 bridgehead atoms. The second-order valence-electron chi connectivity index (χ2n) is 15.1. The van der Waals surface area contributed by atoms with Gasteiger partial charge >= 0.3 is 11.9 Å². The molecule has 0 aliphatic heterocycles. The van der Waals surface area contributed by atoms with Gasteiger partial charge in [-0.05, 0) is 70.6 Å². The lowest BCUT2D eigenvalue weighted by molar-refractivity contribution is -0.161. The van der Waals surface area contributed by atoms with Crippen LogP contribution in [0.4, 0.5) is 0 Å². The van der Waals surface area contributed by atoms with Crippen molar-refractivity contribution in [1.82, 2.24) is 0 Å². The topological polar surface area (TPSA) is 72.8 Å². The molecule has 52 heavy (non-hydrogen) atoms. The van der Waals surface area contributed by atoms with E-state index in [1.807, 2.05) is 0 Å². The monoisotopic (exact) mass is 731 g/mol. The Morgan fingerprint density at radius 2 is 0.769 bits per heavy atom. The molecule has 0 spiro atoms. The summed E-state index contributed by atoms with van der Waals surface area (Å²) in [6.45, 7) is 4.12. The van der Waals surface area contributed by atoms with Crippen molar-refractivity contribution in [3.8, 4) is 0 Å². The molecule has 0 aromatic carbocycles. The highest BCUT2D eigenvalue weighted by atomic mass is 16.6. The molecule has 0 amide bonds. The third-order valence-electron chi connectivity index (χ3n) is 9.91. The van der Waals surface area contributed by atoms with E-state index in [9.17, 15) is 14.7 Å². The van der Waals surface area contributed by atoms with Gasteiger partial charge in [0.15, 0.2) is 6.10 Å². The minimum absolute atomic E-state index is 0.0669. The van der Waals surface area contributed by atoms with Crippen LogP contribution in [-0.4, -0.2) is 36.4 Å². The number of aliphatic hydroxyl groups is 1. The van der Waals surface area contributed by atoms with Crippen molar-refractivity contribution in [1.29, 1.82) is 0 Å². The third kappa shape index (κ3) is 40.9. The molecule has 0 saturated carbocycles. The Labute approximate surface area is 323 Å². The number of ether oxygens (including phenoxy) is 2. The van der Waals surface area contributed by atoms with Crippen LogP contribution in [0.25, 0.3) is 0 Å². The second-order valence-corrected chi connectivity index (χ2v) is 15.1. The van der Waals surface area contributed by atoms with Gasteiger partial charge in [-0.2, -0.15) is 0 Å². The lowest BCUT2D eigenvalue weighted by atomic mass is 10.1. The summed E-state index contributed by atoms with van der Waals surface area (Å²) in [6, 6.07) is 0. The summed E-state index contributed by atoms with van der Waals surface area (Å²) in [5.41, 5.74) is 0. The number of rotatable bonds is 41. The number of hydrogen-bond acceptors (Lipinski definition) is 5. The molecular formula is C47H86O5. The summed E-state index contributed by atoms with van der Waals surface area (Å²) in [5, 5.41) is 9.59. The van der Waals surface area contributed by atoms with Crippen molar-refractivity contribution < 1.29 is 24.2 Å². The quantitative estimate of drug-likeness (QED) is 0.0385. The van der Waals surface area contributed by atoms with Crippen molar-refractivity contribution >= 4 is 11.9 Å². The first-order chi connectivity index (χ1) is 25.6. The first kappa shape index (κ1) is 50.1. The van der Waals surface area contributed by atoms with Gasteiger partial charge in [0, 0.05) is 12.8 Å². The summed E-state index contributed by atoms with van der Waals surface area (Å²) >= 11 is 0. The Balaban J connectivity index is 3.52. The molecule has 0 aliphatic carbocycles. The maximum atomic E-state index is 12.2. The number of allylic oxidation sites excluding steroid dienone is 6. The highest BCUT2D eigenvalue weighted by Gasteiger charge is 2.16. The fraction of sp³-hybridized carbons (Fsp3) is 0.830. The molecule has 0 aromatic rings. The van der Waals surface area contributed by atoms with E-state index in [1.54, 1.807) is 0 Å². The zero-order valence-corrected chi connectivity index (χ0v) is 34.6. The maximum Gasteiger partial charge on any atom is 0.306 e. The Morgan fingerprint density at radius 3 is 1.19 bits per heavy atom. The first-order valence-corrected chi connectivity index (χ1v) is 22.5. The summed E-state index contributed by atoms with van der Waals surface area (Å²) in [4.78, 5) is 24.4. The molecule has 0 radical (unpaired) electrons. The van der Waals surface area contributed by atoms with E-state index in [0.717, 1.165) is 44.9 Å². The Bertz CT molecular complexity index is 832. The van der Waals surface area contributed by atoms with Gasteiger partial charge in [0.25, 0.3) is 0 Å². The number of esters is 2. The van der Waals surface area contributed by atoms with Crippen LogP contribution in [0, 0.1) is 0 Å². The maximum absolute atomic E-state index is 12.2. The van der Waals surface area contributed by atoms with Crippen LogP contribution in [0.5, 0.6) is 0 Å². The zero-order chi connectivity index (χ0) is 37.8. The van der Waals surface area contributed by atoms with Crippen LogP contribution in [0.3, 0.4) is 0 Å². The second kappa shape index (κ2) is 43.5. The third-order valence-corrected chi connectivity index (χ3v) is 9.91. The Kier molecular flexibility index (Phi) is 42.0. The predicted molar refractivity (Wildman–Crippen MR) is 224 cm³/mol. The van der Waals surface area contributed by atoms with Crippen LogP contribution < -0.4 is 0 Å². The van der Waals surface area contributed by atoms with Gasteiger partial charge in [0.2, 0.25) is 0 Å². The number of carbonyl (C=O) groups is 2. The van der Waals surface area contributed by atoms with Crippen molar-refractivity contribution in [3.63, 3.8) is 0 Å². The van der Waals surface area contributed by atoms with Gasteiger partial charge in [-0.25, -0.2) is 0 Å². The zero-order valence-electron chi connectivity index (χ0n) is 34.6. The molecule has 5 nitrogen and oxygen atoms in total. The highest BCUT2D eigenvalue weighted by molar-refractivity contribution is 5.70. The lowest BCUT2D eigenvalue weighted by Crippen LogP contribution is -2.28. The van der Waals surface area contributed by atoms with Crippen molar-refractivity contribution in [2.24, 2.45) is 0 Å². The largest absolute Gasteiger partial charge is 0.462 e. The van der Waals surface area contributed by atoms with E-state index in [4.69, 9.17) is 9.47 Å².